The Morgan fingerprint density at radius 2 is 2.21 bits per heavy atom. The zero-order chi connectivity index (χ0) is 10.1. The van der Waals surface area contributed by atoms with E-state index < -0.39 is 0 Å². The van der Waals surface area contributed by atoms with Crippen molar-refractivity contribution in [3.05, 3.63) is 35.4 Å². The molecule has 0 saturated heterocycles. The first-order chi connectivity index (χ1) is 6.74. The molecule has 0 bridgehead atoms. The van der Waals surface area contributed by atoms with Crippen molar-refractivity contribution < 1.29 is 9.53 Å². The van der Waals surface area contributed by atoms with Crippen LogP contribution in [0.3, 0.4) is 0 Å². The minimum Gasteiger partial charge on any atom is -0.496 e. The van der Waals surface area contributed by atoms with E-state index in [9.17, 15) is 4.79 Å². The molecule has 72 valence electrons. The normalized spacial score (nSPS) is 13.4. The van der Waals surface area contributed by atoms with Gasteiger partial charge >= 0.3 is 0 Å². The third-order valence-electron chi connectivity index (χ3n) is 2.53. The Labute approximate surface area is 83.2 Å². The molecule has 1 aliphatic rings. The average Bonchev–Trinajstić information content (AvgIpc) is 2.60. The van der Waals surface area contributed by atoms with E-state index in [1.807, 2.05) is 24.3 Å². The molecule has 1 aliphatic carbocycles. The maximum Gasteiger partial charge on any atom is 0.160 e. The number of hydrogen-bond donors (Lipinski definition) is 0. The first-order valence-electron chi connectivity index (χ1n) is 4.61. The molecule has 1 aromatic carbocycles. The zero-order valence-corrected chi connectivity index (χ0v) is 8.33. The van der Waals surface area contributed by atoms with Gasteiger partial charge in [0.2, 0.25) is 0 Å². The average molecular weight is 188 g/mol. The molecule has 0 amide bonds. The minimum absolute atomic E-state index is 0.122. The van der Waals surface area contributed by atoms with Gasteiger partial charge in [-0.2, -0.15) is 0 Å². The van der Waals surface area contributed by atoms with Crippen molar-refractivity contribution >= 4 is 11.4 Å². The number of benzene rings is 1. The molecule has 0 spiro atoms. The smallest absolute Gasteiger partial charge is 0.160 e. The van der Waals surface area contributed by atoms with Gasteiger partial charge in [0.15, 0.2) is 5.78 Å². The Morgan fingerprint density at radius 1 is 1.43 bits per heavy atom. The number of ketones is 1. The largest absolute Gasteiger partial charge is 0.496 e. The van der Waals surface area contributed by atoms with Crippen LogP contribution in [-0.4, -0.2) is 12.9 Å². The van der Waals surface area contributed by atoms with Gasteiger partial charge in [-0.1, -0.05) is 18.2 Å². The molecular formula is C12H12O2. The van der Waals surface area contributed by atoms with E-state index in [4.69, 9.17) is 4.74 Å². The number of allylic oxidation sites excluding steroid dienone is 2. The SMILES string of the molecule is COc1cccc2c1CC=C2C(C)=O. The van der Waals surface area contributed by atoms with Gasteiger partial charge in [-0.3, -0.25) is 4.79 Å². The quantitative estimate of drug-likeness (QED) is 0.711. The second-order valence-corrected chi connectivity index (χ2v) is 3.36. The summed E-state index contributed by atoms with van der Waals surface area (Å²) in [4.78, 5) is 11.3. The molecule has 0 N–H and O–H groups in total. The zero-order valence-electron chi connectivity index (χ0n) is 8.33. The lowest BCUT2D eigenvalue weighted by molar-refractivity contribution is -0.111. The molecule has 0 saturated carbocycles. The van der Waals surface area contributed by atoms with Crippen LogP contribution in [0.1, 0.15) is 18.1 Å². The second-order valence-electron chi connectivity index (χ2n) is 3.36. The number of rotatable bonds is 2. The van der Waals surface area contributed by atoms with Crippen molar-refractivity contribution in [1.82, 2.24) is 0 Å². The monoisotopic (exact) mass is 188 g/mol. The molecule has 0 unspecified atom stereocenters. The number of ether oxygens (including phenoxy) is 1. The van der Waals surface area contributed by atoms with Crippen LogP contribution in [0.2, 0.25) is 0 Å². The lowest BCUT2D eigenvalue weighted by Gasteiger charge is -2.07. The molecule has 0 fully saturated rings. The van der Waals surface area contributed by atoms with Gasteiger partial charge in [-0.15, -0.1) is 0 Å². The molecule has 0 aromatic heterocycles. The summed E-state index contributed by atoms with van der Waals surface area (Å²) < 4.78 is 5.24. The van der Waals surface area contributed by atoms with Gasteiger partial charge in [-0.25, -0.2) is 0 Å². The Balaban J connectivity index is 2.52. The van der Waals surface area contributed by atoms with Crippen LogP contribution >= 0.6 is 0 Å². The number of carbonyl (C=O) groups is 1. The fraction of sp³-hybridized carbons (Fsp3) is 0.250. The first kappa shape index (κ1) is 9.00. The Morgan fingerprint density at radius 3 is 2.86 bits per heavy atom. The molecule has 2 heteroatoms. The van der Waals surface area contributed by atoms with Gasteiger partial charge in [0, 0.05) is 11.1 Å². The molecule has 0 aliphatic heterocycles. The van der Waals surface area contributed by atoms with Gasteiger partial charge < -0.3 is 4.74 Å². The van der Waals surface area contributed by atoms with Crippen LogP contribution in [0, 0.1) is 0 Å². The maximum atomic E-state index is 11.3. The Kier molecular flexibility index (Phi) is 2.12. The van der Waals surface area contributed by atoms with E-state index in [-0.39, 0.29) is 5.78 Å². The van der Waals surface area contributed by atoms with Crippen molar-refractivity contribution in [2.24, 2.45) is 0 Å². The molecule has 2 nitrogen and oxygen atoms in total. The van der Waals surface area contributed by atoms with Crippen molar-refractivity contribution in [3.8, 4) is 5.75 Å². The van der Waals surface area contributed by atoms with Crippen LogP contribution in [0.15, 0.2) is 24.3 Å². The molecule has 0 atom stereocenters. The highest BCUT2D eigenvalue weighted by molar-refractivity contribution is 6.21. The topological polar surface area (TPSA) is 26.3 Å². The van der Waals surface area contributed by atoms with E-state index in [0.717, 1.165) is 28.9 Å². The standard InChI is InChI=1S/C12H12O2/c1-8(13)9-6-7-11-10(9)4-3-5-12(11)14-2/h3-6H,7H2,1-2H3. The van der Waals surface area contributed by atoms with Crippen molar-refractivity contribution in [2.75, 3.05) is 7.11 Å². The maximum absolute atomic E-state index is 11.3. The van der Waals surface area contributed by atoms with E-state index in [0.29, 0.717) is 0 Å². The predicted octanol–water partition coefficient (Wildman–Crippen LogP) is 2.22. The summed E-state index contributed by atoms with van der Waals surface area (Å²) >= 11 is 0. The van der Waals surface area contributed by atoms with Crippen LogP contribution in [0.5, 0.6) is 5.75 Å². The van der Waals surface area contributed by atoms with E-state index in [1.165, 1.54) is 0 Å². The van der Waals surface area contributed by atoms with E-state index >= 15 is 0 Å². The molecule has 2 rings (SSSR count). The molecule has 0 heterocycles. The second kappa shape index (κ2) is 3.29. The number of Topliss-reactive ketones (excluding diaryl/α,β-unsaturated/α-hetero) is 1. The minimum atomic E-state index is 0.122. The summed E-state index contributed by atoms with van der Waals surface area (Å²) in [5.41, 5.74) is 2.97. The summed E-state index contributed by atoms with van der Waals surface area (Å²) in [7, 11) is 1.65. The molecular weight excluding hydrogens is 176 g/mol. The lowest BCUT2D eigenvalue weighted by atomic mass is 10.0. The first-order valence-corrected chi connectivity index (χ1v) is 4.61. The van der Waals surface area contributed by atoms with Crippen LogP contribution in [0.4, 0.5) is 0 Å². The van der Waals surface area contributed by atoms with Crippen molar-refractivity contribution in [1.29, 1.82) is 0 Å². The number of methoxy groups -OCH3 is 1. The van der Waals surface area contributed by atoms with E-state index in [2.05, 4.69) is 0 Å². The number of fused-ring (bicyclic) bond motifs is 1. The van der Waals surface area contributed by atoms with Crippen LogP contribution in [-0.2, 0) is 11.2 Å². The molecule has 14 heavy (non-hydrogen) atoms. The highest BCUT2D eigenvalue weighted by atomic mass is 16.5. The van der Waals surface area contributed by atoms with Crippen LogP contribution < -0.4 is 4.74 Å². The fourth-order valence-corrected chi connectivity index (χ4v) is 1.87. The summed E-state index contributed by atoms with van der Waals surface area (Å²) in [5, 5.41) is 0. The molecule has 0 radical (unpaired) electrons. The lowest BCUT2D eigenvalue weighted by Crippen LogP contribution is -1.95. The van der Waals surface area contributed by atoms with Crippen LogP contribution in [0.25, 0.3) is 5.57 Å². The third kappa shape index (κ3) is 1.23. The van der Waals surface area contributed by atoms with Crippen molar-refractivity contribution in [3.63, 3.8) is 0 Å². The van der Waals surface area contributed by atoms with Gasteiger partial charge in [-0.05, 0) is 25.0 Å². The highest BCUT2D eigenvalue weighted by Crippen LogP contribution is 2.33. The number of carbonyl (C=O) groups excluding carboxylic acids is 1. The fourth-order valence-electron chi connectivity index (χ4n) is 1.87. The number of hydrogen-bond acceptors (Lipinski definition) is 2. The molecule has 1 aromatic rings. The predicted molar refractivity (Wildman–Crippen MR) is 55.4 cm³/mol. The summed E-state index contributed by atoms with van der Waals surface area (Å²) in [5.74, 6) is 0.993. The summed E-state index contributed by atoms with van der Waals surface area (Å²) in [6.07, 6.45) is 2.77. The highest BCUT2D eigenvalue weighted by Gasteiger charge is 2.19. The van der Waals surface area contributed by atoms with Crippen molar-refractivity contribution in [2.45, 2.75) is 13.3 Å². The Bertz CT molecular complexity index is 416. The summed E-state index contributed by atoms with van der Waals surface area (Å²) in [6.45, 7) is 1.60. The summed E-state index contributed by atoms with van der Waals surface area (Å²) in [6, 6.07) is 5.81. The van der Waals surface area contributed by atoms with Gasteiger partial charge in [0.1, 0.15) is 5.75 Å². The van der Waals surface area contributed by atoms with E-state index in [1.54, 1.807) is 14.0 Å². The van der Waals surface area contributed by atoms with Gasteiger partial charge in [0.25, 0.3) is 0 Å². The Hall–Kier alpha value is -1.57. The third-order valence-corrected chi connectivity index (χ3v) is 2.53. The van der Waals surface area contributed by atoms with Gasteiger partial charge in [0.05, 0.1) is 7.11 Å².